The second kappa shape index (κ2) is 7.30. The van der Waals surface area contributed by atoms with Crippen molar-refractivity contribution < 1.29 is 14.7 Å². The highest BCUT2D eigenvalue weighted by atomic mass is 35.5. The normalized spacial score (nSPS) is 11.9. The van der Waals surface area contributed by atoms with E-state index in [9.17, 15) is 9.59 Å². The second-order valence-electron chi connectivity index (χ2n) is 3.85. The SMILES string of the molecule is CC(=O)NC(CSCc1nc(C)cc(Cl)n1)C(=O)O. The van der Waals surface area contributed by atoms with Gasteiger partial charge >= 0.3 is 5.97 Å². The standard InChI is InChI=1S/C11H14ClN3O3S/c1-6-3-9(12)15-10(13-6)5-19-4-8(11(17)18)14-7(2)16/h3,8H,4-5H2,1-2H3,(H,14,16)(H,17,18). The number of rotatable bonds is 6. The molecule has 1 aromatic rings. The van der Waals surface area contributed by atoms with E-state index in [0.29, 0.717) is 16.7 Å². The Hall–Kier alpha value is -1.34. The molecule has 0 fully saturated rings. The summed E-state index contributed by atoms with van der Waals surface area (Å²) in [4.78, 5) is 30.0. The van der Waals surface area contributed by atoms with E-state index in [4.69, 9.17) is 16.7 Å². The molecule has 0 aliphatic carbocycles. The van der Waals surface area contributed by atoms with E-state index < -0.39 is 12.0 Å². The quantitative estimate of drug-likeness (QED) is 0.769. The molecule has 0 aromatic carbocycles. The second-order valence-corrected chi connectivity index (χ2v) is 5.27. The van der Waals surface area contributed by atoms with Crippen molar-refractivity contribution >= 4 is 35.2 Å². The molecule has 104 valence electrons. The Morgan fingerprint density at radius 3 is 2.74 bits per heavy atom. The van der Waals surface area contributed by atoms with Crippen molar-refractivity contribution in [3.05, 3.63) is 22.7 Å². The largest absolute Gasteiger partial charge is 0.480 e. The van der Waals surface area contributed by atoms with E-state index in [1.54, 1.807) is 13.0 Å². The van der Waals surface area contributed by atoms with Crippen LogP contribution in [0.5, 0.6) is 0 Å². The summed E-state index contributed by atoms with van der Waals surface area (Å²) >= 11 is 7.12. The van der Waals surface area contributed by atoms with Gasteiger partial charge in [0.1, 0.15) is 17.0 Å². The maximum absolute atomic E-state index is 10.9. The van der Waals surface area contributed by atoms with Crippen molar-refractivity contribution in [2.24, 2.45) is 0 Å². The minimum atomic E-state index is -1.06. The van der Waals surface area contributed by atoms with Gasteiger partial charge in [0, 0.05) is 18.4 Å². The third-order valence-corrected chi connectivity index (χ3v) is 3.29. The maximum Gasteiger partial charge on any atom is 0.327 e. The molecule has 1 amide bonds. The minimum Gasteiger partial charge on any atom is -0.480 e. The van der Waals surface area contributed by atoms with Gasteiger partial charge in [-0.3, -0.25) is 4.79 Å². The van der Waals surface area contributed by atoms with Crippen molar-refractivity contribution in [2.75, 3.05) is 5.75 Å². The van der Waals surface area contributed by atoms with Crippen LogP contribution in [0, 0.1) is 6.92 Å². The fraction of sp³-hybridized carbons (Fsp3) is 0.455. The van der Waals surface area contributed by atoms with Crippen LogP contribution in [0.3, 0.4) is 0 Å². The van der Waals surface area contributed by atoms with Crippen LogP contribution in [0.15, 0.2) is 6.07 Å². The van der Waals surface area contributed by atoms with Crippen LogP contribution in [0.25, 0.3) is 0 Å². The molecule has 0 saturated carbocycles. The first-order valence-electron chi connectivity index (χ1n) is 5.46. The molecule has 6 nitrogen and oxygen atoms in total. The zero-order valence-corrected chi connectivity index (χ0v) is 12.1. The first-order valence-corrected chi connectivity index (χ1v) is 6.99. The molecule has 2 N–H and O–H groups in total. The van der Waals surface area contributed by atoms with Crippen LogP contribution in [-0.4, -0.2) is 38.7 Å². The van der Waals surface area contributed by atoms with Gasteiger partial charge in [0.05, 0.1) is 5.75 Å². The fourth-order valence-electron chi connectivity index (χ4n) is 1.34. The summed E-state index contributed by atoms with van der Waals surface area (Å²) in [6, 6.07) is 0.732. The monoisotopic (exact) mass is 303 g/mol. The van der Waals surface area contributed by atoms with Crippen LogP contribution in [0.1, 0.15) is 18.4 Å². The van der Waals surface area contributed by atoms with E-state index in [1.165, 1.54) is 18.7 Å². The van der Waals surface area contributed by atoms with Gasteiger partial charge in [-0.2, -0.15) is 11.8 Å². The molecular formula is C11H14ClN3O3S. The Morgan fingerprint density at radius 2 is 2.21 bits per heavy atom. The van der Waals surface area contributed by atoms with E-state index in [0.717, 1.165) is 5.69 Å². The molecule has 0 spiro atoms. The number of carbonyl (C=O) groups is 2. The van der Waals surface area contributed by atoms with E-state index >= 15 is 0 Å². The number of carboxylic acid groups (broad SMARTS) is 1. The molecule has 0 saturated heterocycles. The summed E-state index contributed by atoms with van der Waals surface area (Å²) < 4.78 is 0. The number of carbonyl (C=O) groups excluding carboxylic acids is 1. The maximum atomic E-state index is 10.9. The average molecular weight is 304 g/mol. The van der Waals surface area contributed by atoms with E-state index in [1.807, 2.05) is 0 Å². The van der Waals surface area contributed by atoms with Crippen LogP contribution < -0.4 is 5.32 Å². The third kappa shape index (κ3) is 5.89. The average Bonchev–Trinajstić information content (AvgIpc) is 2.25. The molecule has 1 rings (SSSR count). The molecular weight excluding hydrogens is 290 g/mol. The molecule has 19 heavy (non-hydrogen) atoms. The molecule has 0 bridgehead atoms. The highest BCUT2D eigenvalue weighted by Crippen LogP contribution is 2.13. The number of thioether (sulfide) groups is 1. The van der Waals surface area contributed by atoms with Gasteiger partial charge in [0.25, 0.3) is 0 Å². The summed E-state index contributed by atoms with van der Waals surface area (Å²) in [6.45, 7) is 3.09. The number of nitrogens with zero attached hydrogens (tertiary/aromatic N) is 2. The molecule has 8 heteroatoms. The number of carboxylic acids is 1. The van der Waals surface area contributed by atoms with Crippen LogP contribution >= 0.6 is 23.4 Å². The minimum absolute atomic E-state index is 0.240. The first-order chi connectivity index (χ1) is 8.88. The summed E-state index contributed by atoms with van der Waals surface area (Å²) in [5, 5.41) is 11.7. The fourth-order valence-corrected chi connectivity index (χ4v) is 2.49. The number of hydrogen-bond donors (Lipinski definition) is 2. The highest BCUT2D eigenvalue weighted by Gasteiger charge is 2.18. The predicted molar refractivity (Wildman–Crippen MR) is 73.2 cm³/mol. The number of aryl methyl sites for hydroxylation is 1. The van der Waals surface area contributed by atoms with Crippen LogP contribution in [-0.2, 0) is 15.3 Å². The van der Waals surface area contributed by atoms with Gasteiger partial charge in [-0.1, -0.05) is 11.6 Å². The van der Waals surface area contributed by atoms with E-state index in [-0.39, 0.29) is 11.7 Å². The number of aliphatic carboxylic acids is 1. The summed E-state index contributed by atoms with van der Waals surface area (Å²) in [5.74, 6) is -0.218. The molecule has 1 unspecified atom stereocenters. The van der Waals surface area contributed by atoms with Crippen molar-refractivity contribution in [3.63, 3.8) is 0 Å². The molecule has 1 heterocycles. The Labute approximate surface area is 120 Å². The Kier molecular flexibility index (Phi) is 6.04. The third-order valence-electron chi connectivity index (χ3n) is 2.06. The van der Waals surface area contributed by atoms with Gasteiger partial charge < -0.3 is 10.4 Å². The molecule has 0 radical (unpaired) electrons. The first kappa shape index (κ1) is 15.7. The number of amides is 1. The van der Waals surface area contributed by atoms with Gasteiger partial charge in [0.15, 0.2) is 0 Å². The number of halogens is 1. The Morgan fingerprint density at radius 1 is 1.53 bits per heavy atom. The number of aromatic nitrogens is 2. The Bertz CT molecular complexity index is 464. The number of hydrogen-bond acceptors (Lipinski definition) is 5. The van der Waals surface area contributed by atoms with Crippen molar-refractivity contribution in [1.29, 1.82) is 0 Å². The summed E-state index contributed by atoms with van der Waals surface area (Å²) in [7, 11) is 0. The molecule has 1 aromatic heterocycles. The van der Waals surface area contributed by atoms with Crippen molar-refractivity contribution in [1.82, 2.24) is 15.3 Å². The lowest BCUT2D eigenvalue weighted by molar-refractivity contribution is -0.140. The van der Waals surface area contributed by atoms with Crippen LogP contribution in [0.2, 0.25) is 5.15 Å². The Balaban J connectivity index is 2.51. The molecule has 1 atom stereocenters. The lowest BCUT2D eigenvalue weighted by Crippen LogP contribution is -2.41. The van der Waals surface area contributed by atoms with Gasteiger partial charge in [-0.05, 0) is 13.0 Å². The molecule has 0 aliphatic heterocycles. The summed E-state index contributed by atoms with van der Waals surface area (Å²) in [5.41, 5.74) is 0.757. The summed E-state index contributed by atoms with van der Waals surface area (Å²) in [6.07, 6.45) is 0. The zero-order valence-electron chi connectivity index (χ0n) is 10.5. The smallest absolute Gasteiger partial charge is 0.327 e. The van der Waals surface area contributed by atoms with E-state index in [2.05, 4.69) is 15.3 Å². The lowest BCUT2D eigenvalue weighted by Gasteiger charge is -2.12. The topological polar surface area (TPSA) is 92.2 Å². The van der Waals surface area contributed by atoms with Gasteiger partial charge in [-0.25, -0.2) is 14.8 Å². The number of nitrogens with one attached hydrogen (secondary N) is 1. The van der Waals surface area contributed by atoms with Gasteiger partial charge in [-0.15, -0.1) is 0 Å². The van der Waals surface area contributed by atoms with Gasteiger partial charge in [0.2, 0.25) is 5.91 Å². The van der Waals surface area contributed by atoms with Crippen molar-refractivity contribution in [3.8, 4) is 0 Å². The lowest BCUT2D eigenvalue weighted by atomic mass is 10.3. The highest BCUT2D eigenvalue weighted by molar-refractivity contribution is 7.98. The van der Waals surface area contributed by atoms with Crippen molar-refractivity contribution in [2.45, 2.75) is 25.6 Å². The van der Waals surface area contributed by atoms with Crippen LogP contribution in [0.4, 0.5) is 0 Å². The molecule has 0 aliphatic rings. The predicted octanol–water partition coefficient (Wildman–Crippen LogP) is 1.26. The zero-order chi connectivity index (χ0) is 14.4.